The number of hydrogen-bond acceptors (Lipinski definition) is 6. The molecule has 0 saturated carbocycles. The van der Waals surface area contributed by atoms with Crippen LogP contribution in [0.5, 0.6) is 0 Å². The summed E-state index contributed by atoms with van der Waals surface area (Å²) >= 11 is 0. The largest absolute Gasteiger partial charge is 0.393 e. The maximum atomic E-state index is 6.40. The predicted octanol–water partition coefficient (Wildman–Crippen LogP) is 3.04. The first-order chi connectivity index (χ1) is 13.8. The van der Waals surface area contributed by atoms with E-state index in [1.54, 1.807) is 6.33 Å². The Bertz CT molecular complexity index is 876. The van der Waals surface area contributed by atoms with Gasteiger partial charge in [-0.15, -0.1) is 0 Å². The predicted molar refractivity (Wildman–Crippen MR) is 116 cm³/mol. The van der Waals surface area contributed by atoms with Crippen molar-refractivity contribution in [3.8, 4) is 0 Å². The molecule has 3 N–H and O–H groups in total. The lowest BCUT2D eigenvalue weighted by atomic mass is 10.1. The first kappa shape index (κ1) is 18.1. The zero-order chi connectivity index (χ0) is 19.2. The van der Waals surface area contributed by atoms with E-state index in [9.17, 15) is 0 Å². The molecule has 0 radical (unpaired) electrons. The summed E-state index contributed by atoms with van der Waals surface area (Å²) in [5.74, 6) is 1.54. The van der Waals surface area contributed by atoms with Crippen LogP contribution >= 0.6 is 0 Å². The van der Waals surface area contributed by atoms with Gasteiger partial charge in [-0.2, -0.15) is 0 Å². The Labute approximate surface area is 166 Å². The van der Waals surface area contributed by atoms with E-state index in [-0.39, 0.29) is 0 Å². The molecular weight excluding hydrogens is 348 g/mol. The molecular formula is C22H26N6. The highest BCUT2D eigenvalue weighted by Crippen LogP contribution is 2.27. The maximum Gasteiger partial charge on any atom is 0.157 e. The van der Waals surface area contributed by atoms with E-state index >= 15 is 0 Å². The monoisotopic (exact) mass is 374 g/mol. The Morgan fingerprint density at radius 3 is 2.18 bits per heavy atom. The van der Waals surface area contributed by atoms with Crippen LogP contribution in [-0.4, -0.2) is 42.7 Å². The van der Waals surface area contributed by atoms with Crippen molar-refractivity contribution in [1.29, 1.82) is 0 Å². The van der Waals surface area contributed by atoms with Crippen molar-refractivity contribution in [2.45, 2.75) is 6.42 Å². The summed E-state index contributed by atoms with van der Waals surface area (Å²) in [4.78, 5) is 13.4. The molecule has 0 unspecified atom stereocenters. The average Bonchev–Trinajstić information content (AvgIpc) is 2.76. The van der Waals surface area contributed by atoms with Crippen LogP contribution < -0.4 is 20.9 Å². The van der Waals surface area contributed by atoms with Crippen LogP contribution in [0.25, 0.3) is 0 Å². The molecule has 2 heterocycles. The second-order valence-electron chi connectivity index (χ2n) is 6.93. The Morgan fingerprint density at radius 2 is 1.46 bits per heavy atom. The van der Waals surface area contributed by atoms with Crippen molar-refractivity contribution in [3.05, 3.63) is 72.6 Å². The van der Waals surface area contributed by atoms with Crippen molar-refractivity contribution < 1.29 is 0 Å². The molecule has 144 valence electrons. The first-order valence-corrected chi connectivity index (χ1v) is 9.74. The van der Waals surface area contributed by atoms with Gasteiger partial charge in [0.05, 0.1) is 0 Å². The number of nitrogen functional groups attached to an aromatic ring is 1. The smallest absolute Gasteiger partial charge is 0.157 e. The highest BCUT2D eigenvalue weighted by atomic mass is 15.3. The highest BCUT2D eigenvalue weighted by Gasteiger charge is 2.21. The molecule has 6 nitrogen and oxygen atoms in total. The Morgan fingerprint density at radius 1 is 0.821 bits per heavy atom. The second kappa shape index (κ2) is 8.61. The lowest BCUT2D eigenvalue weighted by Gasteiger charge is -2.37. The number of nitrogens with two attached hydrogens (primary N) is 1. The minimum absolute atomic E-state index is 0.628. The molecule has 1 fully saturated rings. The fraction of sp³-hybridized carbons (Fsp3) is 0.273. The second-order valence-corrected chi connectivity index (χ2v) is 6.93. The highest BCUT2D eigenvalue weighted by molar-refractivity contribution is 5.75. The number of rotatable bonds is 6. The Balaban J connectivity index is 1.37. The summed E-state index contributed by atoms with van der Waals surface area (Å²) in [7, 11) is 0. The lowest BCUT2D eigenvalue weighted by molar-refractivity contribution is 0.647. The Kier molecular flexibility index (Phi) is 5.56. The molecule has 0 bridgehead atoms. The van der Waals surface area contributed by atoms with Gasteiger partial charge in [0.15, 0.2) is 11.6 Å². The molecule has 6 heteroatoms. The van der Waals surface area contributed by atoms with Gasteiger partial charge in [0.2, 0.25) is 0 Å². The zero-order valence-corrected chi connectivity index (χ0v) is 16.0. The number of hydrogen-bond donors (Lipinski definition) is 2. The van der Waals surface area contributed by atoms with Crippen molar-refractivity contribution in [2.75, 3.05) is 53.6 Å². The van der Waals surface area contributed by atoms with Crippen molar-refractivity contribution in [2.24, 2.45) is 0 Å². The average molecular weight is 374 g/mol. The van der Waals surface area contributed by atoms with E-state index in [4.69, 9.17) is 5.73 Å². The third kappa shape index (κ3) is 4.17. The fourth-order valence-electron chi connectivity index (χ4n) is 3.56. The molecule has 0 amide bonds. The van der Waals surface area contributed by atoms with E-state index in [0.717, 1.165) is 45.0 Å². The molecule has 0 atom stereocenters. The van der Waals surface area contributed by atoms with Gasteiger partial charge >= 0.3 is 0 Å². The van der Waals surface area contributed by atoms with Crippen LogP contribution in [0.3, 0.4) is 0 Å². The van der Waals surface area contributed by atoms with Gasteiger partial charge in [0.1, 0.15) is 12.0 Å². The molecule has 1 aliphatic heterocycles. The SMILES string of the molecule is Nc1c(NCCc2ccccc2)ncnc1N1CCN(c2ccccc2)CC1. The van der Waals surface area contributed by atoms with E-state index in [0.29, 0.717) is 11.5 Å². The molecule has 4 rings (SSSR count). The topological polar surface area (TPSA) is 70.3 Å². The van der Waals surface area contributed by atoms with Crippen LogP contribution in [0.2, 0.25) is 0 Å². The summed E-state index contributed by atoms with van der Waals surface area (Å²) in [6, 6.07) is 20.9. The van der Waals surface area contributed by atoms with Crippen LogP contribution in [0, 0.1) is 0 Å². The van der Waals surface area contributed by atoms with Gasteiger partial charge in [-0.25, -0.2) is 9.97 Å². The molecule has 0 aliphatic carbocycles. The van der Waals surface area contributed by atoms with E-state index in [1.165, 1.54) is 11.3 Å². The van der Waals surface area contributed by atoms with E-state index < -0.39 is 0 Å². The molecule has 1 aliphatic rings. The molecule has 3 aromatic rings. The van der Waals surface area contributed by atoms with Crippen LogP contribution in [0.15, 0.2) is 67.0 Å². The third-order valence-corrected chi connectivity index (χ3v) is 5.11. The van der Waals surface area contributed by atoms with Crippen LogP contribution in [-0.2, 0) is 6.42 Å². The van der Waals surface area contributed by atoms with Gasteiger partial charge in [-0.1, -0.05) is 48.5 Å². The quantitative estimate of drug-likeness (QED) is 0.691. The number of benzene rings is 2. The van der Waals surface area contributed by atoms with Gasteiger partial charge < -0.3 is 20.9 Å². The van der Waals surface area contributed by atoms with Crippen molar-refractivity contribution in [1.82, 2.24) is 9.97 Å². The standard InChI is InChI=1S/C22H26N6/c23-20-21(24-12-11-18-7-3-1-4-8-18)25-17-26-22(20)28-15-13-27(14-16-28)19-9-5-2-6-10-19/h1-10,17H,11-16,23H2,(H,24,25,26). The molecule has 1 saturated heterocycles. The molecule has 0 spiro atoms. The Hall–Kier alpha value is -3.28. The number of para-hydroxylation sites is 1. The summed E-state index contributed by atoms with van der Waals surface area (Å²) in [5, 5.41) is 3.36. The van der Waals surface area contributed by atoms with Crippen LogP contribution in [0.1, 0.15) is 5.56 Å². The van der Waals surface area contributed by atoms with Gasteiger partial charge in [-0.05, 0) is 24.1 Å². The normalized spacial score (nSPS) is 14.1. The number of piperazine rings is 1. The number of nitrogens with one attached hydrogen (secondary N) is 1. The first-order valence-electron chi connectivity index (χ1n) is 9.74. The van der Waals surface area contributed by atoms with E-state index in [1.807, 2.05) is 12.1 Å². The third-order valence-electron chi connectivity index (χ3n) is 5.11. The number of aromatic nitrogens is 2. The summed E-state index contributed by atoms with van der Waals surface area (Å²) < 4.78 is 0. The molecule has 28 heavy (non-hydrogen) atoms. The maximum absolute atomic E-state index is 6.40. The number of nitrogens with zero attached hydrogens (tertiary/aromatic N) is 4. The van der Waals surface area contributed by atoms with Crippen molar-refractivity contribution in [3.63, 3.8) is 0 Å². The summed E-state index contributed by atoms with van der Waals surface area (Å²) in [5.41, 5.74) is 9.58. The van der Waals surface area contributed by atoms with Crippen molar-refractivity contribution >= 4 is 23.0 Å². The zero-order valence-electron chi connectivity index (χ0n) is 16.0. The minimum Gasteiger partial charge on any atom is -0.393 e. The lowest BCUT2D eigenvalue weighted by Crippen LogP contribution is -2.47. The molecule has 1 aromatic heterocycles. The molecule has 2 aromatic carbocycles. The van der Waals surface area contributed by atoms with Gasteiger partial charge in [0, 0.05) is 38.4 Å². The fourth-order valence-corrected chi connectivity index (χ4v) is 3.56. The van der Waals surface area contributed by atoms with Gasteiger partial charge in [0.25, 0.3) is 0 Å². The minimum atomic E-state index is 0.628. The number of anilines is 4. The summed E-state index contributed by atoms with van der Waals surface area (Å²) in [6.07, 6.45) is 2.52. The van der Waals surface area contributed by atoms with Crippen LogP contribution in [0.4, 0.5) is 23.0 Å². The van der Waals surface area contributed by atoms with E-state index in [2.05, 4.69) is 73.6 Å². The van der Waals surface area contributed by atoms with Gasteiger partial charge in [-0.3, -0.25) is 0 Å². The summed E-state index contributed by atoms with van der Waals surface area (Å²) in [6.45, 7) is 4.46.